The van der Waals surface area contributed by atoms with Crippen LogP contribution in [0.2, 0.25) is 0 Å². The standard InChI is InChI=1S/C17H19NOS/c1-11(2)13-4-6-14(7-5-13)20-15-8-9-17(18)16(10-15)12(3)19/h4-11H,18H2,1-3H3. The first kappa shape index (κ1) is 14.7. The topological polar surface area (TPSA) is 43.1 Å². The molecule has 2 N–H and O–H groups in total. The maximum Gasteiger partial charge on any atom is 0.161 e. The summed E-state index contributed by atoms with van der Waals surface area (Å²) in [5.74, 6) is 0.537. The van der Waals surface area contributed by atoms with E-state index in [0.717, 1.165) is 9.79 Å². The fraction of sp³-hybridized carbons (Fsp3) is 0.235. The summed E-state index contributed by atoms with van der Waals surface area (Å²) in [5.41, 5.74) is 8.27. The first-order valence-electron chi connectivity index (χ1n) is 6.65. The minimum atomic E-state index is 0.0000979. The summed E-state index contributed by atoms with van der Waals surface area (Å²) in [6, 6.07) is 14.1. The second kappa shape index (κ2) is 6.14. The summed E-state index contributed by atoms with van der Waals surface area (Å²) in [7, 11) is 0. The number of carbonyl (C=O) groups excluding carboxylic acids is 1. The van der Waals surface area contributed by atoms with E-state index < -0.39 is 0 Å². The molecular formula is C17H19NOS. The zero-order valence-corrected chi connectivity index (χ0v) is 12.8. The monoisotopic (exact) mass is 285 g/mol. The average molecular weight is 285 g/mol. The zero-order valence-electron chi connectivity index (χ0n) is 12.0. The van der Waals surface area contributed by atoms with Gasteiger partial charge in [-0.2, -0.15) is 0 Å². The van der Waals surface area contributed by atoms with Crippen molar-refractivity contribution in [3.8, 4) is 0 Å². The summed E-state index contributed by atoms with van der Waals surface area (Å²) in [6.45, 7) is 5.90. The Morgan fingerprint density at radius 2 is 1.65 bits per heavy atom. The summed E-state index contributed by atoms with van der Waals surface area (Å²) >= 11 is 1.64. The van der Waals surface area contributed by atoms with Crippen molar-refractivity contribution >= 4 is 23.2 Å². The number of ketones is 1. The fourth-order valence-corrected chi connectivity index (χ4v) is 2.82. The van der Waals surface area contributed by atoms with Gasteiger partial charge in [0.15, 0.2) is 5.78 Å². The highest BCUT2D eigenvalue weighted by Crippen LogP contribution is 2.31. The molecule has 2 aromatic rings. The van der Waals surface area contributed by atoms with Gasteiger partial charge in [0.1, 0.15) is 0 Å². The Morgan fingerprint density at radius 1 is 1.05 bits per heavy atom. The van der Waals surface area contributed by atoms with E-state index >= 15 is 0 Å². The van der Waals surface area contributed by atoms with Crippen molar-refractivity contribution in [1.82, 2.24) is 0 Å². The van der Waals surface area contributed by atoms with Crippen LogP contribution >= 0.6 is 11.8 Å². The number of benzene rings is 2. The van der Waals surface area contributed by atoms with Crippen LogP contribution in [0.4, 0.5) is 5.69 Å². The predicted octanol–water partition coefficient (Wildman–Crippen LogP) is 4.75. The van der Waals surface area contributed by atoms with E-state index in [1.165, 1.54) is 12.5 Å². The third-order valence-electron chi connectivity index (χ3n) is 3.19. The van der Waals surface area contributed by atoms with E-state index in [0.29, 0.717) is 17.2 Å². The van der Waals surface area contributed by atoms with Crippen LogP contribution in [0.1, 0.15) is 42.6 Å². The third-order valence-corrected chi connectivity index (χ3v) is 4.18. The number of Topliss-reactive ketones (excluding diaryl/α,β-unsaturated/α-hetero) is 1. The Kier molecular flexibility index (Phi) is 4.50. The van der Waals surface area contributed by atoms with Gasteiger partial charge in [0.2, 0.25) is 0 Å². The number of rotatable bonds is 4. The molecule has 2 rings (SSSR count). The van der Waals surface area contributed by atoms with Crippen LogP contribution in [0.5, 0.6) is 0 Å². The van der Waals surface area contributed by atoms with Crippen molar-refractivity contribution in [2.24, 2.45) is 0 Å². The fourth-order valence-electron chi connectivity index (χ4n) is 1.96. The number of nitrogen functional groups attached to an aromatic ring is 1. The Bertz CT molecular complexity index is 617. The molecule has 2 nitrogen and oxygen atoms in total. The van der Waals surface area contributed by atoms with Gasteiger partial charge in [0.25, 0.3) is 0 Å². The average Bonchev–Trinajstić information content (AvgIpc) is 2.41. The highest BCUT2D eigenvalue weighted by molar-refractivity contribution is 7.99. The molecule has 0 saturated carbocycles. The predicted molar refractivity (Wildman–Crippen MR) is 85.5 cm³/mol. The molecule has 0 saturated heterocycles. The lowest BCUT2D eigenvalue weighted by molar-refractivity contribution is 0.101. The molecule has 3 heteroatoms. The van der Waals surface area contributed by atoms with Crippen molar-refractivity contribution in [3.63, 3.8) is 0 Å². The molecule has 0 bridgehead atoms. The van der Waals surface area contributed by atoms with Crippen LogP contribution in [0.25, 0.3) is 0 Å². The van der Waals surface area contributed by atoms with E-state index in [4.69, 9.17) is 5.73 Å². The maximum atomic E-state index is 11.5. The number of hydrogen-bond donors (Lipinski definition) is 1. The lowest BCUT2D eigenvalue weighted by atomic mass is 10.0. The molecule has 0 aliphatic rings. The molecule has 0 aliphatic heterocycles. The van der Waals surface area contributed by atoms with Crippen LogP contribution in [-0.4, -0.2) is 5.78 Å². The number of anilines is 1. The highest BCUT2D eigenvalue weighted by atomic mass is 32.2. The summed E-state index contributed by atoms with van der Waals surface area (Å²) in [5, 5.41) is 0. The Balaban J connectivity index is 2.21. The van der Waals surface area contributed by atoms with Gasteiger partial charge in [-0.1, -0.05) is 37.7 Å². The highest BCUT2D eigenvalue weighted by Gasteiger charge is 2.07. The molecule has 20 heavy (non-hydrogen) atoms. The molecule has 0 aromatic heterocycles. The number of nitrogens with two attached hydrogens (primary N) is 1. The van der Waals surface area contributed by atoms with Gasteiger partial charge in [-0.15, -0.1) is 0 Å². The molecule has 0 unspecified atom stereocenters. The van der Waals surface area contributed by atoms with Gasteiger partial charge >= 0.3 is 0 Å². The molecular weight excluding hydrogens is 266 g/mol. The van der Waals surface area contributed by atoms with Gasteiger partial charge in [0.05, 0.1) is 0 Å². The lowest BCUT2D eigenvalue weighted by Crippen LogP contribution is -1.99. The summed E-state index contributed by atoms with van der Waals surface area (Å²) < 4.78 is 0. The third kappa shape index (κ3) is 3.42. The minimum absolute atomic E-state index is 0.0000979. The summed E-state index contributed by atoms with van der Waals surface area (Å²) in [6.07, 6.45) is 0. The molecule has 0 spiro atoms. The van der Waals surface area contributed by atoms with Crippen molar-refractivity contribution in [1.29, 1.82) is 0 Å². The Labute approximate surface area is 124 Å². The molecule has 0 radical (unpaired) electrons. The second-order valence-electron chi connectivity index (χ2n) is 5.13. The Hall–Kier alpha value is -1.74. The van der Waals surface area contributed by atoms with E-state index in [9.17, 15) is 4.79 Å². The Morgan fingerprint density at radius 3 is 2.20 bits per heavy atom. The molecule has 2 aromatic carbocycles. The van der Waals surface area contributed by atoms with Gasteiger partial charge in [0, 0.05) is 21.0 Å². The zero-order chi connectivity index (χ0) is 14.7. The smallest absolute Gasteiger partial charge is 0.161 e. The molecule has 104 valence electrons. The molecule has 0 aliphatic carbocycles. The molecule has 0 fully saturated rings. The van der Waals surface area contributed by atoms with Gasteiger partial charge in [-0.3, -0.25) is 4.79 Å². The van der Waals surface area contributed by atoms with Crippen molar-refractivity contribution in [2.75, 3.05) is 5.73 Å². The van der Waals surface area contributed by atoms with Crippen molar-refractivity contribution in [3.05, 3.63) is 53.6 Å². The normalized spacial score (nSPS) is 10.8. The van der Waals surface area contributed by atoms with Gasteiger partial charge in [-0.25, -0.2) is 0 Å². The SMILES string of the molecule is CC(=O)c1cc(Sc2ccc(C(C)C)cc2)ccc1N. The molecule has 0 atom stereocenters. The van der Waals surface area contributed by atoms with Gasteiger partial charge < -0.3 is 5.73 Å². The van der Waals surface area contributed by atoms with E-state index in [1.807, 2.05) is 12.1 Å². The van der Waals surface area contributed by atoms with Crippen LogP contribution in [0.3, 0.4) is 0 Å². The first-order valence-corrected chi connectivity index (χ1v) is 7.47. The van der Waals surface area contributed by atoms with E-state index in [1.54, 1.807) is 17.8 Å². The quantitative estimate of drug-likeness (QED) is 0.651. The van der Waals surface area contributed by atoms with Crippen molar-refractivity contribution in [2.45, 2.75) is 36.5 Å². The number of carbonyl (C=O) groups is 1. The molecule has 0 amide bonds. The van der Waals surface area contributed by atoms with Crippen molar-refractivity contribution < 1.29 is 4.79 Å². The first-order chi connectivity index (χ1) is 9.47. The maximum absolute atomic E-state index is 11.5. The molecule has 0 heterocycles. The van der Waals surface area contributed by atoms with Crippen LogP contribution in [0.15, 0.2) is 52.3 Å². The summed E-state index contributed by atoms with van der Waals surface area (Å²) in [4.78, 5) is 13.7. The van der Waals surface area contributed by atoms with E-state index in [2.05, 4.69) is 38.1 Å². The van der Waals surface area contributed by atoms with E-state index in [-0.39, 0.29) is 5.78 Å². The second-order valence-corrected chi connectivity index (χ2v) is 6.28. The minimum Gasteiger partial charge on any atom is -0.398 e. The largest absolute Gasteiger partial charge is 0.398 e. The lowest BCUT2D eigenvalue weighted by Gasteiger charge is -2.08. The van der Waals surface area contributed by atoms with Crippen LogP contribution < -0.4 is 5.73 Å². The van der Waals surface area contributed by atoms with Crippen LogP contribution in [-0.2, 0) is 0 Å². The number of hydrogen-bond acceptors (Lipinski definition) is 3. The van der Waals surface area contributed by atoms with Crippen LogP contribution in [0, 0.1) is 0 Å². The van der Waals surface area contributed by atoms with Gasteiger partial charge in [-0.05, 0) is 48.7 Å².